The molecule has 1 aromatic rings. The predicted molar refractivity (Wildman–Crippen MR) is 94.3 cm³/mol. The molecule has 0 bridgehead atoms. The van der Waals surface area contributed by atoms with Gasteiger partial charge in [0, 0.05) is 19.5 Å². The minimum absolute atomic E-state index is 0.455. The number of amidine groups is 1. The highest BCUT2D eigenvalue weighted by atomic mass is 32.1. The summed E-state index contributed by atoms with van der Waals surface area (Å²) in [6, 6.07) is 12.2. The molecule has 0 spiro atoms. The van der Waals surface area contributed by atoms with Crippen LogP contribution in [0.2, 0.25) is 0 Å². The van der Waals surface area contributed by atoms with E-state index in [0.29, 0.717) is 17.1 Å². The quantitative estimate of drug-likeness (QED) is 0.508. The molecule has 23 heavy (non-hydrogen) atoms. The number of hydrazone groups is 1. The first kappa shape index (κ1) is 15.5. The molecule has 6 heteroatoms. The molecule has 0 atom stereocenters. The van der Waals surface area contributed by atoms with Crippen LogP contribution in [0.4, 0.5) is 0 Å². The summed E-state index contributed by atoms with van der Waals surface area (Å²) in [6.45, 7) is 1.49. The maximum atomic E-state index is 9.56. The van der Waals surface area contributed by atoms with Gasteiger partial charge in [0.2, 0.25) is 0 Å². The number of thiocarbonyl (C=S) groups is 1. The number of hydrogen-bond acceptors (Lipinski definition) is 5. The summed E-state index contributed by atoms with van der Waals surface area (Å²) < 4.78 is 0. The summed E-state index contributed by atoms with van der Waals surface area (Å²) >= 11 is 5.43. The third-order valence-corrected chi connectivity index (χ3v) is 4.37. The first-order valence-corrected chi connectivity index (χ1v) is 8.27. The topological polar surface area (TPSA) is 63.5 Å². The Morgan fingerprint density at radius 2 is 2.13 bits per heavy atom. The Balaban J connectivity index is 1.74. The van der Waals surface area contributed by atoms with E-state index in [1.165, 1.54) is 6.42 Å². The van der Waals surface area contributed by atoms with Crippen molar-refractivity contribution in [1.82, 2.24) is 15.6 Å². The molecule has 1 saturated heterocycles. The van der Waals surface area contributed by atoms with Gasteiger partial charge in [0.25, 0.3) is 0 Å². The summed E-state index contributed by atoms with van der Waals surface area (Å²) in [5.41, 5.74) is 4.58. The fourth-order valence-electron chi connectivity index (χ4n) is 2.80. The highest BCUT2D eigenvalue weighted by Crippen LogP contribution is 2.22. The van der Waals surface area contributed by atoms with Crippen molar-refractivity contribution >= 4 is 23.0 Å². The van der Waals surface area contributed by atoms with Gasteiger partial charge in [-0.05, 0) is 18.4 Å². The van der Waals surface area contributed by atoms with Crippen molar-refractivity contribution in [3.63, 3.8) is 0 Å². The van der Waals surface area contributed by atoms with Crippen LogP contribution in [-0.2, 0) is 6.54 Å². The lowest BCUT2D eigenvalue weighted by atomic mass is 10.2. The minimum Gasteiger partial charge on any atom is -0.371 e. The van der Waals surface area contributed by atoms with Gasteiger partial charge in [0.1, 0.15) is 28.3 Å². The van der Waals surface area contributed by atoms with E-state index in [-0.39, 0.29) is 0 Å². The molecule has 2 N–H and O–H groups in total. The standard InChI is InChI=1S/C17H19N5S/c18-11-14(17(23)19-12-13-7-3-1-4-8-13)16-21-20-15-9-5-2-6-10-22(15)16/h1,3-4,7-8,21H,2,5-6,9-10,12H2,(H,19,23). The summed E-state index contributed by atoms with van der Waals surface area (Å²) in [7, 11) is 0. The summed E-state index contributed by atoms with van der Waals surface area (Å²) in [5, 5.41) is 17.1. The molecule has 0 aliphatic carbocycles. The second kappa shape index (κ2) is 7.25. The molecule has 2 aliphatic heterocycles. The highest BCUT2D eigenvalue weighted by Gasteiger charge is 2.27. The van der Waals surface area contributed by atoms with E-state index in [0.717, 1.165) is 43.0 Å². The monoisotopic (exact) mass is 325 g/mol. The fourth-order valence-corrected chi connectivity index (χ4v) is 3.01. The molecule has 0 aromatic heterocycles. The van der Waals surface area contributed by atoms with Crippen molar-refractivity contribution in [1.29, 1.82) is 5.26 Å². The van der Waals surface area contributed by atoms with Crippen LogP contribution in [0.3, 0.4) is 0 Å². The van der Waals surface area contributed by atoms with E-state index in [4.69, 9.17) is 12.2 Å². The maximum absolute atomic E-state index is 9.56. The van der Waals surface area contributed by atoms with Gasteiger partial charge in [-0.25, -0.2) is 0 Å². The largest absolute Gasteiger partial charge is 0.371 e. The molecule has 3 rings (SSSR count). The van der Waals surface area contributed by atoms with Crippen molar-refractivity contribution in [2.24, 2.45) is 5.10 Å². The van der Waals surface area contributed by atoms with Gasteiger partial charge in [-0.1, -0.05) is 49.0 Å². The Bertz CT molecular complexity index is 687. The van der Waals surface area contributed by atoms with Gasteiger partial charge >= 0.3 is 0 Å². The number of nitrogens with zero attached hydrogens (tertiary/aromatic N) is 3. The molecular formula is C17H19N5S. The van der Waals surface area contributed by atoms with E-state index in [2.05, 4.69) is 26.8 Å². The van der Waals surface area contributed by atoms with Crippen LogP contribution in [0.25, 0.3) is 0 Å². The number of nitriles is 1. The molecule has 2 aliphatic rings. The normalized spacial score (nSPS) is 18.9. The Morgan fingerprint density at radius 1 is 1.30 bits per heavy atom. The van der Waals surface area contributed by atoms with E-state index in [1.54, 1.807) is 0 Å². The van der Waals surface area contributed by atoms with Crippen LogP contribution in [0, 0.1) is 11.3 Å². The van der Waals surface area contributed by atoms with Gasteiger partial charge in [0.15, 0.2) is 0 Å². The average molecular weight is 325 g/mol. The van der Waals surface area contributed by atoms with Gasteiger partial charge in [-0.2, -0.15) is 10.4 Å². The average Bonchev–Trinajstić information content (AvgIpc) is 2.83. The summed E-state index contributed by atoms with van der Waals surface area (Å²) in [4.78, 5) is 2.56. The van der Waals surface area contributed by atoms with Gasteiger partial charge in [-0.3, -0.25) is 5.43 Å². The Hall–Kier alpha value is -2.39. The molecular weight excluding hydrogens is 306 g/mol. The van der Waals surface area contributed by atoms with Crippen LogP contribution < -0.4 is 10.7 Å². The molecule has 0 saturated carbocycles. The third-order valence-electron chi connectivity index (χ3n) is 4.03. The number of nitrogens with one attached hydrogen (secondary N) is 2. The number of hydrogen-bond donors (Lipinski definition) is 2. The minimum atomic E-state index is 0.455. The second-order valence-electron chi connectivity index (χ2n) is 5.61. The first-order valence-electron chi connectivity index (χ1n) is 7.86. The maximum Gasteiger partial charge on any atom is 0.149 e. The van der Waals surface area contributed by atoms with Gasteiger partial charge in [0.05, 0.1) is 0 Å². The van der Waals surface area contributed by atoms with Gasteiger partial charge < -0.3 is 10.2 Å². The van der Waals surface area contributed by atoms with E-state index in [1.807, 2.05) is 30.3 Å². The van der Waals surface area contributed by atoms with Crippen molar-refractivity contribution in [3.8, 4) is 6.07 Å². The molecule has 0 amide bonds. The van der Waals surface area contributed by atoms with Crippen molar-refractivity contribution < 1.29 is 0 Å². The Morgan fingerprint density at radius 3 is 2.91 bits per heavy atom. The zero-order chi connectivity index (χ0) is 16.1. The third kappa shape index (κ3) is 3.51. The number of rotatable bonds is 3. The Labute approximate surface area is 141 Å². The first-order chi connectivity index (χ1) is 11.3. The Kier molecular flexibility index (Phi) is 4.89. The van der Waals surface area contributed by atoms with Crippen molar-refractivity contribution in [3.05, 3.63) is 47.3 Å². The summed E-state index contributed by atoms with van der Waals surface area (Å²) in [5.74, 6) is 1.73. The molecule has 118 valence electrons. The molecule has 5 nitrogen and oxygen atoms in total. The SMILES string of the molecule is N#CC(C(=S)NCc1ccccc1)=C1NN=C2CCCCCN21. The zero-order valence-electron chi connectivity index (χ0n) is 12.9. The van der Waals surface area contributed by atoms with Crippen LogP contribution in [-0.4, -0.2) is 22.3 Å². The highest BCUT2D eigenvalue weighted by molar-refractivity contribution is 7.80. The number of benzene rings is 1. The zero-order valence-corrected chi connectivity index (χ0v) is 13.7. The van der Waals surface area contributed by atoms with Crippen LogP contribution >= 0.6 is 12.2 Å². The smallest absolute Gasteiger partial charge is 0.149 e. The van der Waals surface area contributed by atoms with Crippen LogP contribution in [0.1, 0.15) is 31.2 Å². The molecule has 0 unspecified atom stereocenters. The lowest BCUT2D eigenvalue weighted by Crippen LogP contribution is -2.32. The lowest BCUT2D eigenvalue weighted by Gasteiger charge is -2.20. The predicted octanol–water partition coefficient (Wildman–Crippen LogP) is 2.63. The van der Waals surface area contributed by atoms with Crippen molar-refractivity contribution in [2.45, 2.75) is 32.2 Å². The van der Waals surface area contributed by atoms with E-state index < -0.39 is 0 Å². The van der Waals surface area contributed by atoms with E-state index >= 15 is 0 Å². The van der Waals surface area contributed by atoms with E-state index in [9.17, 15) is 5.26 Å². The molecule has 2 heterocycles. The molecule has 1 aromatic carbocycles. The lowest BCUT2D eigenvalue weighted by molar-refractivity contribution is 0.495. The number of fused-ring (bicyclic) bond motifs is 1. The molecule has 0 radical (unpaired) electrons. The van der Waals surface area contributed by atoms with Gasteiger partial charge in [-0.15, -0.1) is 0 Å². The second-order valence-corrected chi connectivity index (χ2v) is 6.01. The van der Waals surface area contributed by atoms with Crippen molar-refractivity contribution in [2.75, 3.05) is 6.54 Å². The van der Waals surface area contributed by atoms with Crippen LogP contribution in [0.15, 0.2) is 46.8 Å². The molecule has 1 fully saturated rings. The summed E-state index contributed by atoms with van der Waals surface area (Å²) in [6.07, 6.45) is 4.39. The van der Waals surface area contributed by atoms with Crippen LogP contribution in [0.5, 0.6) is 0 Å². The fraction of sp³-hybridized carbons (Fsp3) is 0.353.